The summed E-state index contributed by atoms with van der Waals surface area (Å²) >= 11 is 0. The maximum Gasteiger partial charge on any atom is 0.308 e. The summed E-state index contributed by atoms with van der Waals surface area (Å²) in [4.78, 5) is 35.2. The van der Waals surface area contributed by atoms with Gasteiger partial charge in [-0.25, -0.2) is 0 Å². The molecular formula is C11H17NO4. The van der Waals surface area contributed by atoms with Crippen LogP contribution in [0.2, 0.25) is 0 Å². The highest BCUT2D eigenvalue weighted by molar-refractivity contribution is 5.92. The number of hydrogen-bond donors (Lipinski definition) is 1. The Labute approximate surface area is 94.4 Å². The molecule has 0 spiro atoms. The average molecular weight is 227 g/mol. The lowest BCUT2D eigenvalue weighted by molar-refractivity contribution is -0.141. The lowest BCUT2D eigenvalue weighted by atomic mass is 9.90. The molecule has 1 saturated heterocycles. The van der Waals surface area contributed by atoms with Crippen molar-refractivity contribution >= 4 is 17.7 Å². The van der Waals surface area contributed by atoms with E-state index in [-0.39, 0.29) is 31.2 Å². The summed E-state index contributed by atoms with van der Waals surface area (Å²) in [5.41, 5.74) is -0.498. The van der Waals surface area contributed by atoms with Gasteiger partial charge in [0, 0.05) is 18.4 Å². The second kappa shape index (κ2) is 4.23. The van der Waals surface area contributed by atoms with Gasteiger partial charge in [0.1, 0.15) is 0 Å². The zero-order valence-electron chi connectivity index (χ0n) is 9.82. The van der Waals surface area contributed by atoms with Gasteiger partial charge >= 0.3 is 5.97 Å². The van der Waals surface area contributed by atoms with Crippen molar-refractivity contribution in [2.75, 3.05) is 13.1 Å². The molecular weight excluding hydrogens is 210 g/mol. The smallest absolute Gasteiger partial charge is 0.308 e. The van der Waals surface area contributed by atoms with Crippen LogP contribution in [0.3, 0.4) is 0 Å². The van der Waals surface area contributed by atoms with E-state index in [2.05, 4.69) is 0 Å². The molecule has 5 heteroatoms. The van der Waals surface area contributed by atoms with E-state index in [0.29, 0.717) is 0 Å². The highest BCUT2D eigenvalue weighted by Gasteiger charge is 2.36. The molecule has 0 aromatic carbocycles. The van der Waals surface area contributed by atoms with E-state index in [4.69, 9.17) is 5.11 Å². The Bertz CT molecular complexity index is 329. The maximum atomic E-state index is 11.7. The van der Waals surface area contributed by atoms with E-state index in [9.17, 15) is 14.4 Å². The minimum atomic E-state index is -0.973. The number of carbonyl (C=O) groups is 3. The van der Waals surface area contributed by atoms with Gasteiger partial charge < -0.3 is 10.0 Å². The number of nitrogens with zero attached hydrogens (tertiary/aromatic N) is 1. The molecule has 0 aliphatic carbocycles. The molecule has 0 saturated carbocycles. The van der Waals surface area contributed by atoms with Crippen molar-refractivity contribution in [3.63, 3.8) is 0 Å². The minimum Gasteiger partial charge on any atom is -0.481 e. The summed E-state index contributed by atoms with van der Waals surface area (Å²) in [6, 6.07) is 0. The van der Waals surface area contributed by atoms with Crippen molar-refractivity contribution in [3.8, 4) is 0 Å². The van der Waals surface area contributed by atoms with Crippen LogP contribution in [0, 0.1) is 11.3 Å². The number of ketones is 1. The second-order valence-electron chi connectivity index (χ2n) is 5.19. The monoisotopic (exact) mass is 227 g/mol. The predicted molar refractivity (Wildman–Crippen MR) is 56.8 cm³/mol. The van der Waals surface area contributed by atoms with Gasteiger partial charge in [0.2, 0.25) is 5.91 Å². The van der Waals surface area contributed by atoms with Gasteiger partial charge in [0.15, 0.2) is 5.78 Å². The molecule has 1 aliphatic rings. The third-order valence-electron chi connectivity index (χ3n) is 2.73. The van der Waals surface area contributed by atoms with Crippen LogP contribution >= 0.6 is 0 Å². The van der Waals surface area contributed by atoms with E-state index in [1.165, 1.54) is 4.90 Å². The lowest BCUT2D eigenvalue weighted by Crippen LogP contribution is -2.37. The van der Waals surface area contributed by atoms with Crippen molar-refractivity contribution in [1.82, 2.24) is 4.90 Å². The Kier molecular flexibility index (Phi) is 3.35. The number of rotatable bonds is 3. The molecule has 1 N–H and O–H groups in total. The van der Waals surface area contributed by atoms with E-state index in [1.54, 1.807) is 20.8 Å². The first-order valence-corrected chi connectivity index (χ1v) is 5.25. The first-order chi connectivity index (χ1) is 7.21. The van der Waals surface area contributed by atoms with Crippen molar-refractivity contribution in [1.29, 1.82) is 0 Å². The van der Waals surface area contributed by atoms with Crippen molar-refractivity contribution in [3.05, 3.63) is 0 Å². The number of hydrogen-bond acceptors (Lipinski definition) is 3. The molecule has 1 rings (SSSR count). The maximum absolute atomic E-state index is 11.7. The molecule has 1 aliphatic heterocycles. The van der Waals surface area contributed by atoms with E-state index in [0.717, 1.165) is 0 Å². The normalized spacial score (nSPS) is 21.3. The van der Waals surface area contributed by atoms with Gasteiger partial charge in [0.25, 0.3) is 0 Å². The molecule has 1 atom stereocenters. The summed E-state index contributed by atoms with van der Waals surface area (Å²) in [5.74, 6) is -1.93. The molecule has 0 unspecified atom stereocenters. The fourth-order valence-electron chi connectivity index (χ4n) is 1.50. The second-order valence-corrected chi connectivity index (χ2v) is 5.19. The summed E-state index contributed by atoms with van der Waals surface area (Å²) in [5, 5.41) is 8.78. The van der Waals surface area contributed by atoms with Crippen LogP contribution in [0.1, 0.15) is 27.2 Å². The molecule has 1 amide bonds. The van der Waals surface area contributed by atoms with E-state index >= 15 is 0 Å². The first-order valence-electron chi connectivity index (χ1n) is 5.25. The van der Waals surface area contributed by atoms with Crippen LogP contribution in [0.25, 0.3) is 0 Å². The van der Waals surface area contributed by atoms with Crippen LogP contribution < -0.4 is 0 Å². The van der Waals surface area contributed by atoms with Gasteiger partial charge in [-0.2, -0.15) is 0 Å². The van der Waals surface area contributed by atoms with Crippen LogP contribution in [0.15, 0.2) is 0 Å². The molecule has 16 heavy (non-hydrogen) atoms. The molecule has 1 fully saturated rings. The molecule has 0 aromatic heterocycles. The number of carboxylic acid groups (broad SMARTS) is 1. The Hall–Kier alpha value is -1.39. The Balaban J connectivity index is 2.61. The number of carbonyl (C=O) groups excluding carboxylic acids is 2. The van der Waals surface area contributed by atoms with Gasteiger partial charge in [-0.15, -0.1) is 0 Å². The molecule has 0 radical (unpaired) electrons. The fourth-order valence-corrected chi connectivity index (χ4v) is 1.50. The Morgan fingerprint density at radius 1 is 1.44 bits per heavy atom. The lowest BCUT2D eigenvalue weighted by Gasteiger charge is -2.22. The standard InChI is InChI=1S/C11H17NO4/c1-11(2,3)8(13)6-12-5-7(10(15)16)4-9(12)14/h7H,4-6H2,1-3H3,(H,15,16)/t7-/m1/s1. The number of carboxylic acids is 1. The summed E-state index contributed by atoms with van der Waals surface area (Å²) in [7, 11) is 0. The molecule has 90 valence electrons. The third-order valence-corrected chi connectivity index (χ3v) is 2.73. The summed E-state index contributed by atoms with van der Waals surface area (Å²) in [6.07, 6.45) is 0.00670. The van der Waals surface area contributed by atoms with Gasteiger partial charge in [-0.05, 0) is 0 Å². The van der Waals surface area contributed by atoms with Crippen molar-refractivity contribution in [2.24, 2.45) is 11.3 Å². The molecule has 0 aromatic rings. The SMILES string of the molecule is CC(C)(C)C(=O)CN1C[C@H](C(=O)O)CC1=O. The first kappa shape index (κ1) is 12.7. The van der Waals surface area contributed by atoms with Gasteiger partial charge in [0.05, 0.1) is 12.5 Å². The number of Topliss-reactive ketones (excluding diaryl/α,β-unsaturated/α-hetero) is 1. The fraction of sp³-hybridized carbons (Fsp3) is 0.727. The molecule has 1 heterocycles. The van der Waals surface area contributed by atoms with E-state index in [1.807, 2.05) is 0 Å². The van der Waals surface area contributed by atoms with Gasteiger partial charge in [-0.3, -0.25) is 14.4 Å². The molecule has 0 bridgehead atoms. The topological polar surface area (TPSA) is 74.7 Å². The number of aliphatic carboxylic acids is 1. The third kappa shape index (κ3) is 2.81. The zero-order chi connectivity index (χ0) is 12.5. The van der Waals surface area contributed by atoms with Crippen LogP contribution in [-0.4, -0.2) is 40.8 Å². The summed E-state index contributed by atoms with van der Waals surface area (Å²) < 4.78 is 0. The number of likely N-dealkylation sites (tertiary alicyclic amines) is 1. The van der Waals surface area contributed by atoms with E-state index < -0.39 is 17.3 Å². The van der Waals surface area contributed by atoms with Crippen molar-refractivity contribution < 1.29 is 19.5 Å². The molecule has 5 nitrogen and oxygen atoms in total. The summed E-state index contributed by atoms with van der Waals surface area (Å²) in [6.45, 7) is 5.52. The van der Waals surface area contributed by atoms with Gasteiger partial charge in [-0.1, -0.05) is 20.8 Å². The van der Waals surface area contributed by atoms with Crippen LogP contribution in [0.5, 0.6) is 0 Å². The zero-order valence-corrected chi connectivity index (χ0v) is 9.82. The Morgan fingerprint density at radius 3 is 2.38 bits per heavy atom. The predicted octanol–water partition coefficient (Wildman–Crippen LogP) is 0.535. The minimum absolute atomic E-state index is 0.00670. The number of amides is 1. The largest absolute Gasteiger partial charge is 0.481 e. The quantitative estimate of drug-likeness (QED) is 0.763. The van der Waals surface area contributed by atoms with Crippen LogP contribution in [-0.2, 0) is 14.4 Å². The van der Waals surface area contributed by atoms with Crippen LogP contribution in [0.4, 0.5) is 0 Å². The highest BCUT2D eigenvalue weighted by Crippen LogP contribution is 2.21. The van der Waals surface area contributed by atoms with Crippen molar-refractivity contribution in [2.45, 2.75) is 27.2 Å². The average Bonchev–Trinajstić information content (AvgIpc) is 2.46. The Morgan fingerprint density at radius 2 is 2.00 bits per heavy atom. The highest BCUT2D eigenvalue weighted by atomic mass is 16.4.